The third-order valence-corrected chi connectivity index (χ3v) is 4.88. The fourth-order valence-corrected chi connectivity index (χ4v) is 4.01. The van der Waals surface area contributed by atoms with Crippen molar-refractivity contribution < 1.29 is 9.90 Å². The molecule has 6 nitrogen and oxygen atoms in total. The summed E-state index contributed by atoms with van der Waals surface area (Å²) in [4.78, 5) is 21.9. The molecule has 0 atom stereocenters. The first kappa shape index (κ1) is 12.5. The van der Waals surface area contributed by atoms with E-state index >= 15 is 0 Å². The highest BCUT2D eigenvalue weighted by Crippen LogP contribution is 2.36. The second-order valence-corrected chi connectivity index (χ2v) is 6.13. The third kappa shape index (κ3) is 2.01. The van der Waals surface area contributed by atoms with E-state index in [2.05, 4.69) is 15.1 Å². The first-order chi connectivity index (χ1) is 10.2. The molecule has 1 aliphatic rings. The number of fused-ring (bicyclic) bond motifs is 5. The van der Waals surface area contributed by atoms with Crippen LogP contribution in [0, 0.1) is 0 Å². The summed E-state index contributed by atoms with van der Waals surface area (Å²) >= 11 is 1.74. The molecule has 3 aromatic heterocycles. The van der Waals surface area contributed by atoms with E-state index in [1.165, 1.54) is 29.4 Å². The van der Waals surface area contributed by atoms with Crippen LogP contribution in [-0.2, 0) is 17.6 Å². The maximum Gasteiger partial charge on any atom is 0.328 e. The molecule has 3 heterocycles. The van der Waals surface area contributed by atoms with Crippen LogP contribution in [0.25, 0.3) is 21.9 Å². The summed E-state index contributed by atoms with van der Waals surface area (Å²) < 4.78 is 1.63. The van der Waals surface area contributed by atoms with Gasteiger partial charge in [-0.15, -0.1) is 16.4 Å². The van der Waals surface area contributed by atoms with E-state index in [1.807, 2.05) is 0 Å². The normalized spacial score (nSPS) is 15.0. The van der Waals surface area contributed by atoms with Gasteiger partial charge in [0.05, 0.1) is 5.39 Å². The second-order valence-electron chi connectivity index (χ2n) is 5.05. The van der Waals surface area contributed by atoms with Crippen molar-refractivity contribution in [1.82, 2.24) is 19.6 Å². The molecule has 0 bridgehead atoms. The number of rotatable bonds is 2. The summed E-state index contributed by atoms with van der Waals surface area (Å²) in [5.74, 6) is -0.618. The summed E-state index contributed by atoms with van der Waals surface area (Å²) in [5, 5.41) is 14.0. The molecule has 1 aliphatic carbocycles. The predicted octanol–water partition coefficient (Wildman–Crippen LogP) is 2.32. The van der Waals surface area contributed by atoms with Crippen molar-refractivity contribution >= 4 is 39.2 Å². The average Bonchev–Trinajstić information content (AvgIpc) is 3.04. The Bertz CT molecular complexity index is 893. The Morgan fingerprint density at radius 2 is 2.24 bits per heavy atom. The Hall–Kier alpha value is -2.28. The molecule has 0 spiro atoms. The van der Waals surface area contributed by atoms with Crippen molar-refractivity contribution in [1.29, 1.82) is 0 Å². The molecular formula is C14H12N4O2S. The lowest BCUT2D eigenvalue weighted by atomic mass is 9.97. The molecule has 0 aromatic carbocycles. The van der Waals surface area contributed by atoms with Gasteiger partial charge in [0.2, 0.25) is 0 Å². The third-order valence-electron chi connectivity index (χ3n) is 3.68. The van der Waals surface area contributed by atoms with Crippen LogP contribution in [0.4, 0.5) is 0 Å². The molecule has 3 aromatic rings. The number of aromatic nitrogens is 4. The highest BCUT2D eigenvalue weighted by molar-refractivity contribution is 7.19. The number of aryl methyl sites for hydroxylation is 2. The summed E-state index contributed by atoms with van der Waals surface area (Å²) in [6, 6.07) is 0. The molecule has 4 rings (SSSR count). The van der Waals surface area contributed by atoms with E-state index < -0.39 is 5.97 Å². The Kier molecular flexibility index (Phi) is 2.75. The molecule has 0 amide bonds. The quantitative estimate of drug-likeness (QED) is 0.735. The first-order valence-electron chi connectivity index (χ1n) is 6.79. The highest BCUT2D eigenvalue weighted by Gasteiger charge is 2.20. The number of carbonyl (C=O) groups is 1. The van der Waals surface area contributed by atoms with E-state index in [-0.39, 0.29) is 0 Å². The largest absolute Gasteiger partial charge is 0.478 e. The molecule has 0 aliphatic heterocycles. The van der Waals surface area contributed by atoms with Gasteiger partial charge >= 0.3 is 5.97 Å². The highest BCUT2D eigenvalue weighted by atomic mass is 32.1. The van der Waals surface area contributed by atoms with Crippen LogP contribution in [0.3, 0.4) is 0 Å². The molecule has 106 valence electrons. The average molecular weight is 300 g/mol. The molecule has 1 N–H and O–H groups in total. The van der Waals surface area contributed by atoms with E-state index in [1.54, 1.807) is 22.2 Å². The zero-order valence-electron chi connectivity index (χ0n) is 11.1. The van der Waals surface area contributed by atoms with Gasteiger partial charge in [-0.3, -0.25) is 0 Å². The van der Waals surface area contributed by atoms with Crippen molar-refractivity contribution in [2.45, 2.75) is 25.7 Å². The SMILES string of the molecule is O=C(O)C=Cc1nc2c3c4c(sc3ncn2n1)CCCC4. The van der Waals surface area contributed by atoms with E-state index in [9.17, 15) is 4.79 Å². The molecule has 0 saturated carbocycles. The zero-order valence-corrected chi connectivity index (χ0v) is 11.9. The second kappa shape index (κ2) is 4.63. The van der Waals surface area contributed by atoms with Gasteiger partial charge in [-0.05, 0) is 37.3 Å². The Balaban J connectivity index is 1.95. The van der Waals surface area contributed by atoms with Crippen LogP contribution in [0.1, 0.15) is 29.1 Å². The van der Waals surface area contributed by atoms with Gasteiger partial charge in [-0.2, -0.15) is 0 Å². The summed E-state index contributed by atoms with van der Waals surface area (Å²) in [7, 11) is 0. The maximum absolute atomic E-state index is 10.6. The number of aliphatic carboxylic acids is 1. The van der Waals surface area contributed by atoms with Gasteiger partial charge < -0.3 is 5.11 Å². The standard InChI is InChI=1S/C14H12N4O2S/c19-11(20)6-5-10-16-13-12-8-3-1-2-4-9(8)21-14(12)15-7-18(13)17-10/h5-7H,1-4H2,(H,19,20). The van der Waals surface area contributed by atoms with Gasteiger partial charge in [-0.1, -0.05) is 0 Å². The fourth-order valence-electron chi connectivity index (χ4n) is 2.79. The van der Waals surface area contributed by atoms with Crippen LogP contribution in [0.15, 0.2) is 12.4 Å². The van der Waals surface area contributed by atoms with Gasteiger partial charge in [0.25, 0.3) is 0 Å². The minimum Gasteiger partial charge on any atom is -0.478 e. The minimum atomic E-state index is -1.01. The number of hydrogen-bond acceptors (Lipinski definition) is 5. The van der Waals surface area contributed by atoms with Crippen LogP contribution in [0.2, 0.25) is 0 Å². The topological polar surface area (TPSA) is 80.4 Å². The molecule has 0 fully saturated rings. The summed E-state index contributed by atoms with van der Waals surface area (Å²) in [6.07, 6.45) is 8.69. The molecule has 0 saturated heterocycles. The fraction of sp³-hybridized carbons (Fsp3) is 0.286. The Labute approximate surface area is 123 Å². The van der Waals surface area contributed by atoms with E-state index in [0.29, 0.717) is 5.82 Å². The van der Waals surface area contributed by atoms with Crippen LogP contribution in [-0.4, -0.2) is 30.7 Å². The Morgan fingerprint density at radius 3 is 3.10 bits per heavy atom. The number of thiophene rings is 1. The maximum atomic E-state index is 10.6. The van der Waals surface area contributed by atoms with E-state index in [0.717, 1.165) is 34.8 Å². The monoisotopic (exact) mass is 300 g/mol. The van der Waals surface area contributed by atoms with Crippen LogP contribution in [0.5, 0.6) is 0 Å². The van der Waals surface area contributed by atoms with Crippen molar-refractivity contribution in [3.8, 4) is 0 Å². The van der Waals surface area contributed by atoms with Crippen molar-refractivity contribution in [3.63, 3.8) is 0 Å². The predicted molar refractivity (Wildman–Crippen MR) is 79.5 cm³/mol. The lowest BCUT2D eigenvalue weighted by molar-refractivity contribution is -0.131. The molecule has 0 radical (unpaired) electrons. The van der Waals surface area contributed by atoms with Crippen LogP contribution < -0.4 is 0 Å². The smallest absolute Gasteiger partial charge is 0.328 e. The van der Waals surface area contributed by atoms with E-state index in [4.69, 9.17) is 5.11 Å². The zero-order chi connectivity index (χ0) is 14.4. The molecule has 21 heavy (non-hydrogen) atoms. The van der Waals surface area contributed by atoms with Gasteiger partial charge in [0.1, 0.15) is 11.2 Å². The molecule has 0 unspecified atom stereocenters. The summed E-state index contributed by atoms with van der Waals surface area (Å²) in [6.45, 7) is 0. The van der Waals surface area contributed by atoms with Gasteiger partial charge in [0.15, 0.2) is 11.5 Å². The lowest BCUT2D eigenvalue weighted by Crippen LogP contribution is -1.99. The first-order valence-corrected chi connectivity index (χ1v) is 7.60. The van der Waals surface area contributed by atoms with Gasteiger partial charge in [-0.25, -0.2) is 19.3 Å². The van der Waals surface area contributed by atoms with Crippen molar-refractivity contribution in [2.75, 3.05) is 0 Å². The number of carboxylic acid groups (broad SMARTS) is 1. The summed E-state index contributed by atoms with van der Waals surface area (Å²) in [5.41, 5.74) is 2.12. The number of hydrogen-bond donors (Lipinski definition) is 1. The Morgan fingerprint density at radius 1 is 1.38 bits per heavy atom. The van der Waals surface area contributed by atoms with Crippen molar-refractivity contribution in [3.05, 3.63) is 28.7 Å². The van der Waals surface area contributed by atoms with Crippen molar-refractivity contribution in [2.24, 2.45) is 0 Å². The minimum absolute atomic E-state index is 0.391. The number of carboxylic acids is 1. The number of nitrogens with zero attached hydrogens (tertiary/aromatic N) is 4. The lowest BCUT2D eigenvalue weighted by Gasteiger charge is -2.09. The van der Waals surface area contributed by atoms with Gasteiger partial charge in [0, 0.05) is 11.0 Å². The van der Waals surface area contributed by atoms with Crippen LogP contribution >= 0.6 is 11.3 Å². The molecule has 7 heteroatoms. The molecular weight excluding hydrogens is 288 g/mol.